The summed E-state index contributed by atoms with van der Waals surface area (Å²) in [6.07, 6.45) is 1.20. The molecule has 0 radical (unpaired) electrons. The SMILES string of the molecule is CC(=O)SCc1ccc(-c2cccc(S(C)(=O)=O)c2)cc1. The van der Waals surface area contributed by atoms with Crippen molar-refractivity contribution in [2.24, 2.45) is 0 Å². The van der Waals surface area contributed by atoms with Gasteiger partial charge in [-0.25, -0.2) is 8.42 Å². The minimum absolute atomic E-state index is 0.0972. The molecule has 110 valence electrons. The van der Waals surface area contributed by atoms with Gasteiger partial charge in [-0.2, -0.15) is 0 Å². The summed E-state index contributed by atoms with van der Waals surface area (Å²) in [4.78, 5) is 11.3. The smallest absolute Gasteiger partial charge is 0.186 e. The van der Waals surface area contributed by atoms with E-state index in [9.17, 15) is 13.2 Å². The maximum absolute atomic E-state index is 11.6. The zero-order valence-corrected chi connectivity index (χ0v) is 13.5. The lowest BCUT2D eigenvalue weighted by molar-refractivity contribution is -0.109. The normalized spacial score (nSPS) is 11.3. The first-order chi connectivity index (χ1) is 9.86. The molecule has 0 atom stereocenters. The molecule has 5 heteroatoms. The molecule has 0 unspecified atom stereocenters. The Morgan fingerprint density at radius 1 is 1.05 bits per heavy atom. The van der Waals surface area contributed by atoms with Crippen molar-refractivity contribution in [2.45, 2.75) is 17.6 Å². The second-order valence-corrected chi connectivity index (χ2v) is 7.95. The third kappa shape index (κ3) is 4.44. The van der Waals surface area contributed by atoms with Crippen LogP contribution < -0.4 is 0 Å². The van der Waals surface area contributed by atoms with E-state index < -0.39 is 9.84 Å². The molecule has 2 aromatic rings. The van der Waals surface area contributed by atoms with Gasteiger partial charge in [0, 0.05) is 18.9 Å². The van der Waals surface area contributed by atoms with Crippen molar-refractivity contribution in [3.63, 3.8) is 0 Å². The molecule has 3 nitrogen and oxygen atoms in total. The average molecular weight is 320 g/mol. The number of hydrogen-bond donors (Lipinski definition) is 0. The summed E-state index contributed by atoms with van der Waals surface area (Å²) in [6.45, 7) is 1.55. The molecule has 0 bridgehead atoms. The molecule has 0 N–H and O–H groups in total. The first-order valence-corrected chi connectivity index (χ1v) is 9.27. The lowest BCUT2D eigenvalue weighted by Crippen LogP contribution is -1.96. The predicted octanol–water partition coefficient (Wildman–Crippen LogP) is 3.54. The van der Waals surface area contributed by atoms with E-state index in [1.54, 1.807) is 25.1 Å². The van der Waals surface area contributed by atoms with Crippen LogP contribution in [0.15, 0.2) is 53.4 Å². The highest BCUT2D eigenvalue weighted by Crippen LogP contribution is 2.24. The van der Waals surface area contributed by atoms with E-state index in [1.807, 2.05) is 30.3 Å². The number of rotatable bonds is 4. The van der Waals surface area contributed by atoms with Crippen LogP contribution in [0, 0.1) is 0 Å². The third-order valence-electron chi connectivity index (χ3n) is 2.99. The van der Waals surface area contributed by atoms with Crippen molar-refractivity contribution in [3.05, 3.63) is 54.1 Å². The Balaban J connectivity index is 2.25. The fourth-order valence-electron chi connectivity index (χ4n) is 1.88. The molecule has 0 aromatic heterocycles. The zero-order chi connectivity index (χ0) is 15.5. The zero-order valence-electron chi connectivity index (χ0n) is 11.9. The van der Waals surface area contributed by atoms with Crippen LogP contribution in [0.4, 0.5) is 0 Å². The average Bonchev–Trinajstić information content (AvgIpc) is 2.45. The van der Waals surface area contributed by atoms with Crippen LogP contribution in [0.25, 0.3) is 11.1 Å². The Bertz CT molecular complexity index is 747. The second kappa shape index (κ2) is 6.45. The van der Waals surface area contributed by atoms with E-state index >= 15 is 0 Å². The van der Waals surface area contributed by atoms with Gasteiger partial charge >= 0.3 is 0 Å². The van der Waals surface area contributed by atoms with Crippen molar-refractivity contribution >= 4 is 26.7 Å². The molecular formula is C16H16O3S2. The molecule has 0 spiro atoms. The summed E-state index contributed by atoms with van der Waals surface area (Å²) in [7, 11) is -3.20. The minimum Gasteiger partial charge on any atom is -0.288 e. The van der Waals surface area contributed by atoms with E-state index in [2.05, 4.69) is 0 Å². The Kier molecular flexibility index (Phi) is 4.85. The number of sulfone groups is 1. The Morgan fingerprint density at radius 2 is 1.71 bits per heavy atom. The molecule has 0 saturated heterocycles. The highest BCUT2D eigenvalue weighted by Gasteiger charge is 2.08. The topological polar surface area (TPSA) is 51.2 Å². The number of thioether (sulfide) groups is 1. The fraction of sp³-hybridized carbons (Fsp3) is 0.188. The lowest BCUT2D eigenvalue weighted by Gasteiger charge is -2.06. The summed E-state index contributed by atoms with van der Waals surface area (Å²) in [5.74, 6) is 0.652. The summed E-state index contributed by atoms with van der Waals surface area (Å²) in [5.41, 5.74) is 2.89. The molecule has 0 amide bonds. The third-order valence-corrected chi connectivity index (χ3v) is 4.99. The number of carbonyl (C=O) groups is 1. The predicted molar refractivity (Wildman–Crippen MR) is 87.0 cm³/mol. The van der Waals surface area contributed by atoms with Gasteiger partial charge in [-0.3, -0.25) is 4.79 Å². The van der Waals surface area contributed by atoms with Gasteiger partial charge in [0.2, 0.25) is 0 Å². The van der Waals surface area contributed by atoms with Crippen molar-refractivity contribution in [1.82, 2.24) is 0 Å². The van der Waals surface area contributed by atoms with Gasteiger partial charge in [0.1, 0.15) is 0 Å². The molecule has 0 saturated carbocycles. The lowest BCUT2D eigenvalue weighted by atomic mass is 10.0. The maximum atomic E-state index is 11.6. The van der Waals surface area contributed by atoms with E-state index in [0.29, 0.717) is 10.6 Å². The first-order valence-electron chi connectivity index (χ1n) is 6.39. The minimum atomic E-state index is -3.20. The molecule has 2 rings (SSSR count). The largest absolute Gasteiger partial charge is 0.288 e. The molecule has 21 heavy (non-hydrogen) atoms. The van der Waals surface area contributed by atoms with Gasteiger partial charge in [-0.05, 0) is 28.8 Å². The van der Waals surface area contributed by atoms with Gasteiger partial charge in [0.05, 0.1) is 4.90 Å². The molecule has 0 heterocycles. The molecule has 0 fully saturated rings. The van der Waals surface area contributed by atoms with Crippen molar-refractivity contribution < 1.29 is 13.2 Å². The highest BCUT2D eigenvalue weighted by molar-refractivity contribution is 8.12. The van der Waals surface area contributed by atoms with Crippen LogP contribution >= 0.6 is 11.8 Å². The molecule has 2 aromatic carbocycles. The molecular weight excluding hydrogens is 304 g/mol. The quantitative estimate of drug-likeness (QED) is 0.864. The van der Waals surface area contributed by atoms with Crippen molar-refractivity contribution in [1.29, 1.82) is 0 Å². The molecule has 0 aliphatic rings. The van der Waals surface area contributed by atoms with Gasteiger partial charge in [0.15, 0.2) is 15.0 Å². The van der Waals surface area contributed by atoms with Crippen LogP contribution in [0.1, 0.15) is 12.5 Å². The Morgan fingerprint density at radius 3 is 2.29 bits per heavy atom. The number of benzene rings is 2. The van der Waals surface area contributed by atoms with E-state index in [1.165, 1.54) is 18.0 Å². The summed E-state index contributed by atoms with van der Waals surface area (Å²) >= 11 is 1.27. The van der Waals surface area contributed by atoms with Gasteiger partial charge in [-0.15, -0.1) is 0 Å². The summed E-state index contributed by atoms with van der Waals surface area (Å²) in [6, 6.07) is 14.7. The van der Waals surface area contributed by atoms with Gasteiger partial charge in [-0.1, -0.05) is 48.2 Å². The first kappa shape index (κ1) is 15.8. The second-order valence-electron chi connectivity index (χ2n) is 4.78. The van der Waals surface area contributed by atoms with Gasteiger partial charge < -0.3 is 0 Å². The number of hydrogen-bond acceptors (Lipinski definition) is 4. The van der Waals surface area contributed by atoms with Crippen LogP contribution in [0.2, 0.25) is 0 Å². The van der Waals surface area contributed by atoms with E-state index in [4.69, 9.17) is 0 Å². The van der Waals surface area contributed by atoms with Crippen molar-refractivity contribution in [2.75, 3.05) is 6.26 Å². The van der Waals surface area contributed by atoms with Gasteiger partial charge in [0.25, 0.3) is 0 Å². The maximum Gasteiger partial charge on any atom is 0.186 e. The van der Waals surface area contributed by atoms with E-state index in [-0.39, 0.29) is 5.12 Å². The van der Waals surface area contributed by atoms with Crippen molar-refractivity contribution in [3.8, 4) is 11.1 Å². The van der Waals surface area contributed by atoms with Crippen LogP contribution in [0.5, 0.6) is 0 Å². The van der Waals surface area contributed by atoms with Crippen LogP contribution in [-0.4, -0.2) is 19.8 Å². The van der Waals surface area contributed by atoms with E-state index in [0.717, 1.165) is 16.7 Å². The number of carbonyl (C=O) groups excluding carboxylic acids is 1. The summed E-state index contributed by atoms with van der Waals surface area (Å²) < 4.78 is 23.2. The Hall–Kier alpha value is -1.59. The Labute approximate surface area is 129 Å². The highest BCUT2D eigenvalue weighted by atomic mass is 32.2. The molecule has 0 aliphatic heterocycles. The molecule has 0 aliphatic carbocycles. The standard InChI is InChI=1S/C16H16O3S2/c1-12(17)20-11-13-6-8-14(9-7-13)15-4-3-5-16(10-15)21(2,18)19/h3-10H,11H2,1-2H3. The van der Waals surface area contributed by atoms with Crippen LogP contribution in [0.3, 0.4) is 0 Å². The van der Waals surface area contributed by atoms with Crippen LogP contribution in [-0.2, 0) is 20.4 Å². The monoisotopic (exact) mass is 320 g/mol. The fourth-order valence-corrected chi connectivity index (χ4v) is 3.11. The summed E-state index contributed by atoms with van der Waals surface area (Å²) in [5, 5.41) is 0.0972.